The number of fused-ring (bicyclic) bond motifs is 1. The van der Waals surface area contributed by atoms with Gasteiger partial charge in [-0.25, -0.2) is 0 Å². The lowest BCUT2D eigenvalue weighted by atomic mass is 10.1. The number of hydrogen-bond donors (Lipinski definition) is 1. The molecule has 0 aliphatic carbocycles. The molecular weight excluding hydrogens is 336 g/mol. The summed E-state index contributed by atoms with van der Waals surface area (Å²) >= 11 is 5.98. The first kappa shape index (κ1) is 16.1. The third kappa shape index (κ3) is 3.11. The summed E-state index contributed by atoms with van der Waals surface area (Å²) in [6.45, 7) is 1.72. The Balaban J connectivity index is 1.77. The van der Waals surface area contributed by atoms with Crippen LogP contribution in [0.25, 0.3) is 0 Å². The number of nitro groups is 1. The minimum absolute atomic E-state index is 0.0716. The number of ether oxygens (including phenoxy) is 2. The lowest BCUT2D eigenvalue weighted by molar-refractivity contribution is -0.384. The second-order valence-electron chi connectivity index (χ2n) is 5.22. The molecule has 1 aliphatic rings. The summed E-state index contributed by atoms with van der Waals surface area (Å²) in [4.78, 5) is 22.6. The van der Waals surface area contributed by atoms with Gasteiger partial charge in [0.2, 0.25) is 6.10 Å². The SMILES string of the molecule is CC1Oc2ccccc2OC1C(=O)Nc1ccc([N+](=O)[O-])cc1Cl. The van der Waals surface area contributed by atoms with E-state index in [1.165, 1.54) is 18.2 Å². The predicted molar refractivity (Wildman–Crippen MR) is 87.7 cm³/mol. The summed E-state index contributed by atoms with van der Waals surface area (Å²) in [6.07, 6.45) is -1.37. The van der Waals surface area contributed by atoms with Crippen molar-refractivity contribution in [3.05, 3.63) is 57.6 Å². The summed E-state index contributed by atoms with van der Waals surface area (Å²) in [5.74, 6) is 0.598. The maximum Gasteiger partial charge on any atom is 0.271 e. The van der Waals surface area contributed by atoms with Crippen LogP contribution in [0.2, 0.25) is 5.02 Å². The van der Waals surface area contributed by atoms with Crippen molar-refractivity contribution < 1.29 is 19.2 Å². The van der Waals surface area contributed by atoms with Gasteiger partial charge < -0.3 is 14.8 Å². The van der Waals surface area contributed by atoms with Gasteiger partial charge in [-0.1, -0.05) is 23.7 Å². The molecule has 2 aromatic rings. The van der Waals surface area contributed by atoms with E-state index in [9.17, 15) is 14.9 Å². The fraction of sp³-hybridized carbons (Fsp3) is 0.188. The highest BCUT2D eigenvalue weighted by Crippen LogP contribution is 2.34. The van der Waals surface area contributed by atoms with Crippen LogP contribution in [-0.2, 0) is 4.79 Å². The Morgan fingerprint density at radius 1 is 1.21 bits per heavy atom. The zero-order chi connectivity index (χ0) is 17.3. The number of anilines is 1. The van der Waals surface area contributed by atoms with Crippen LogP contribution >= 0.6 is 11.6 Å². The van der Waals surface area contributed by atoms with Crippen LogP contribution in [0.1, 0.15) is 6.92 Å². The van der Waals surface area contributed by atoms with Gasteiger partial charge in [-0.05, 0) is 25.1 Å². The number of rotatable bonds is 3. The van der Waals surface area contributed by atoms with E-state index < -0.39 is 23.0 Å². The van der Waals surface area contributed by atoms with E-state index in [1.54, 1.807) is 25.1 Å². The minimum Gasteiger partial charge on any atom is -0.482 e. The summed E-state index contributed by atoms with van der Waals surface area (Å²) in [5.41, 5.74) is 0.111. The second kappa shape index (κ2) is 6.37. The van der Waals surface area contributed by atoms with Crippen molar-refractivity contribution in [3.63, 3.8) is 0 Å². The number of carbonyl (C=O) groups excluding carboxylic acids is 1. The van der Waals surface area contributed by atoms with Crippen LogP contribution in [-0.4, -0.2) is 23.0 Å². The highest BCUT2D eigenvalue weighted by Gasteiger charge is 2.34. The van der Waals surface area contributed by atoms with E-state index in [0.717, 1.165) is 0 Å². The van der Waals surface area contributed by atoms with Crippen LogP contribution in [0.4, 0.5) is 11.4 Å². The third-order valence-electron chi connectivity index (χ3n) is 3.52. The lowest BCUT2D eigenvalue weighted by Crippen LogP contribution is -2.46. The number of amides is 1. The highest BCUT2D eigenvalue weighted by molar-refractivity contribution is 6.34. The molecule has 1 amide bonds. The van der Waals surface area contributed by atoms with Crippen molar-refractivity contribution in [2.24, 2.45) is 0 Å². The Labute approximate surface area is 142 Å². The summed E-state index contributed by atoms with van der Waals surface area (Å²) in [7, 11) is 0. The van der Waals surface area contributed by atoms with Crippen molar-refractivity contribution in [3.8, 4) is 11.5 Å². The van der Waals surface area contributed by atoms with Gasteiger partial charge in [-0.15, -0.1) is 0 Å². The molecule has 0 aromatic heterocycles. The molecule has 2 atom stereocenters. The quantitative estimate of drug-likeness (QED) is 0.678. The monoisotopic (exact) mass is 348 g/mol. The predicted octanol–water partition coefficient (Wildman–Crippen LogP) is 3.42. The first-order valence-electron chi connectivity index (χ1n) is 7.13. The number of nitrogens with zero attached hydrogens (tertiary/aromatic N) is 1. The molecule has 0 fully saturated rings. The first-order chi connectivity index (χ1) is 11.5. The Kier molecular flexibility index (Phi) is 4.26. The maximum absolute atomic E-state index is 12.5. The molecule has 3 rings (SSSR count). The average molecular weight is 349 g/mol. The van der Waals surface area contributed by atoms with Crippen LogP contribution in [0.5, 0.6) is 11.5 Å². The fourth-order valence-electron chi connectivity index (χ4n) is 2.33. The Hall–Kier alpha value is -2.80. The third-order valence-corrected chi connectivity index (χ3v) is 3.83. The van der Waals surface area contributed by atoms with Crippen molar-refractivity contribution in [2.75, 3.05) is 5.32 Å². The molecule has 0 bridgehead atoms. The van der Waals surface area contributed by atoms with Crippen molar-refractivity contribution >= 4 is 28.9 Å². The molecule has 124 valence electrons. The highest BCUT2D eigenvalue weighted by atomic mass is 35.5. The second-order valence-corrected chi connectivity index (χ2v) is 5.63. The number of non-ortho nitro benzene ring substituents is 1. The van der Waals surface area contributed by atoms with Gasteiger partial charge >= 0.3 is 0 Å². The zero-order valence-corrected chi connectivity index (χ0v) is 13.3. The molecular formula is C16H13ClN2O5. The molecule has 1 N–H and O–H groups in total. The van der Waals surface area contributed by atoms with Gasteiger partial charge in [0, 0.05) is 12.1 Å². The van der Waals surface area contributed by atoms with E-state index in [1.807, 2.05) is 6.07 Å². The Bertz CT molecular complexity index is 811. The molecule has 0 spiro atoms. The number of para-hydroxylation sites is 2. The average Bonchev–Trinajstić information content (AvgIpc) is 2.55. The lowest BCUT2D eigenvalue weighted by Gasteiger charge is -2.31. The summed E-state index contributed by atoms with van der Waals surface area (Å²) in [6, 6.07) is 10.9. The van der Waals surface area contributed by atoms with E-state index in [0.29, 0.717) is 11.5 Å². The van der Waals surface area contributed by atoms with E-state index in [4.69, 9.17) is 21.1 Å². The summed E-state index contributed by atoms with van der Waals surface area (Å²) < 4.78 is 11.4. The molecule has 1 aliphatic heterocycles. The molecule has 2 unspecified atom stereocenters. The molecule has 0 saturated heterocycles. The molecule has 1 heterocycles. The number of nitro benzene ring substituents is 1. The Morgan fingerprint density at radius 3 is 2.50 bits per heavy atom. The molecule has 2 aromatic carbocycles. The van der Waals surface area contributed by atoms with E-state index in [-0.39, 0.29) is 16.4 Å². The van der Waals surface area contributed by atoms with Gasteiger partial charge in [0.05, 0.1) is 15.6 Å². The molecule has 8 heteroatoms. The normalized spacial score (nSPS) is 18.8. The number of carbonyl (C=O) groups is 1. The van der Waals surface area contributed by atoms with Crippen molar-refractivity contribution in [1.82, 2.24) is 0 Å². The largest absolute Gasteiger partial charge is 0.482 e. The van der Waals surface area contributed by atoms with Crippen LogP contribution < -0.4 is 14.8 Å². The molecule has 0 saturated carbocycles. The van der Waals surface area contributed by atoms with Crippen molar-refractivity contribution in [1.29, 1.82) is 0 Å². The standard InChI is InChI=1S/C16H13ClN2O5/c1-9-15(24-14-5-3-2-4-13(14)23-9)16(20)18-12-7-6-10(19(21)22)8-11(12)17/h2-9,15H,1H3,(H,18,20). The van der Waals surface area contributed by atoms with Gasteiger partial charge in [0.15, 0.2) is 11.5 Å². The maximum atomic E-state index is 12.5. The van der Waals surface area contributed by atoms with E-state index >= 15 is 0 Å². The van der Waals surface area contributed by atoms with Crippen LogP contribution in [0, 0.1) is 10.1 Å². The number of hydrogen-bond acceptors (Lipinski definition) is 5. The number of nitrogens with one attached hydrogen (secondary N) is 1. The van der Waals surface area contributed by atoms with Crippen molar-refractivity contribution in [2.45, 2.75) is 19.1 Å². The minimum atomic E-state index is -0.869. The van der Waals surface area contributed by atoms with Crippen LogP contribution in [0.3, 0.4) is 0 Å². The number of benzene rings is 2. The summed E-state index contributed by atoms with van der Waals surface area (Å²) in [5, 5.41) is 13.4. The smallest absolute Gasteiger partial charge is 0.271 e. The molecule has 0 radical (unpaired) electrons. The number of halogens is 1. The van der Waals surface area contributed by atoms with Crippen LogP contribution in [0.15, 0.2) is 42.5 Å². The molecule has 7 nitrogen and oxygen atoms in total. The van der Waals surface area contributed by atoms with E-state index in [2.05, 4.69) is 5.32 Å². The topological polar surface area (TPSA) is 90.7 Å². The van der Waals surface area contributed by atoms with Gasteiger partial charge in [-0.3, -0.25) is 14.9 Å². The Morgan fingerprint density at radius 2 is 1.88 bits per heavy atom. The first-order valence-corrected chi connectivity index (χ1v) is 7.50. The molecule has 24 heavy (non-hydrogen) atoms. The zero-order valence-electron chi connectivity index (χ0n) is 12.6. The van der Waals surface area contributed by atoms with Gasteiger partial charge in [-0.2, -0.15) is 0 Å². The van der Waals surface area contributed by atoms with Gasteiger partial charge in [0.1, 0.15) is 6.10 Å². The van der Waals surface area contributed by atoms with Gasteiger partial charge in [0.25, 0.3) is 11.6 Å². The fourth-order valence-corrected chi connectivity index (χ4v) is 2.55.